The van der Waals surface area contributed by atoms with Crippen molar-refractivity contribution in [2.24, 2.45) is 0 Å². The molecule has 1 aliphatic heterocycles. The van der Waals surface area contributed by atoms with E-state index in [4.69, 9.17) is 5.73 Å². The predicted octanol–water partition coefficient (Wildman–Crippen LogP) is 3.49. The minimum Gasteiger partial charge on any atom is -0.398 e. The third-order valence-corrected chi connectivity index (χ3v) is 4.69. The molecule has 2 N–H and O–H groups in total. The standard InChI is InChI=1S/C16H15FN2OS/c1-10-6-7-12(17)14(8-10)19-15(20)9-21-16(19)11-4-2-3-5-13(11)18/h2-8,16H,9,18H2,1H3. The van der Waals surface area contributed by atoms with Gasteiger partial charge in [-0.3, -0.25) is 9.69 Å². The van der Waals surface area contributed by atoms with Gasteiger partial charge in [0.1, 0.15) is 11.2 Å². The summed E-state index contributed by atoms with van der Waals surface area (Å²) < 4.78 is 14.2. The largest absolute Gasteiger partial charge is 0.398 e. The van der Waals surface area contributed by atoms with E-state index in [1.807, 2.05) is 25.1 Å². The summed E-state index contributed by atoms with van der Waals surface area (Å²) in [5.41, 5.74) is 8.70. The lowest BCUT2D eigenvalue weighted by Gasteiger charge is -2.26. The highest BCUT2D eigenvalue weighted by Gasteiger charge is 2.36. The second-order valence-electron chi connectivity index (χ2n) is 5.01. The Morgan fingerprint density at radius 2 is 2.05 bits per heavy atom. The van der Waals surface area contributed by atoms with Crippen LogP contribution in [0, 0.1) is 12.7 Å². The smallest absolute Gasteiger partial charge is 0.238 e. The van der Waals surface area contributed by atoms with Crippen molar-refractivity contribution in [2.45, 2.75) is 12.3 Å². The molecule has 21 heavy (non-hydrogen) atoms. The normalized spacial score (nSPS) is 18.3. The molecule has 2 aromatic carbocycles. The number of rotatable bonds is 2. The molecule has 1 saturated heterocycles. The van der Waals surface area contributed by atoms with Gasteiger partial charge in [0.15, 0.2) is 0 Å². The number of hydrogen-bond acceptors (Lipinski definition) is 3. The lowest BCUT2D eigenvalue weighted by molar-refractivity contribution is -0.115. The molecule has 1 atom stereocenters. The average molecular weight is 302 g/mol. The number of nitrogens with two attached hydrogens (primary N) is 1. The molecule has 0 bridgehead atoms. The Hall–Kier alpha value is -2.01. The third kappa shape index (κ3) is 2.49. The topological polar surface area (TPSA) is 46.3 Å². The van der Waals surface area contributed by atoms with Crippen LogP contribution in [0.4, 0.5) is 15.8 Å². The van der Waals surface area contributed by atoms with Gasteiger partial charge in [-0.2, -0.15) is 0 Å². The molecular weight excluding hydrogens is 287 g/mol. The van der Waals surface area contributed by atoms with Crippen molar-refractivity contribution in [3.05, 3.63) is 59.4 Å². The number of benzene rings is 2. The Morgan fingerprint density at radius 3 is 2.81 bits per heavy atom. The first-order valence-corrected chi connectivity index (χ1v) is 7.67. The van der Waals surface area contributed by atoms with Crippen molar-refractivity contribution in [1.82, 2.24) is 0 Å². The maximum absolute atomic E-state index is 14.2. The van der Waals surface area contributed by atoms with Crippen molar-refractivity contribution in [2.75, 3.05) is 16.4 Å². The number of hydrogen-bond donors (Lipinski definition) is 1. The van der Waals surface area contributed by atoms with Gasteiger partial charge in [0.2, 0.25) is 5.91 Å². The zero-order valence-electron chi connectivity index (χ0n) is 11.5. The molecule has 0 saturated carbocycles. The van der Waals surface area contributed by atoms with Gasteiger partial charge in [-0.15, -0.1) is 11.8 Å². The maximum atomic E-state index is 14.2. The van der Waals surface area contributed by atoms with Gasteiger partial charge in [0.25, 0.3) is 0 Å². The number of aryl methyl sites for hydroxylation is 1. The van der Waals surface area contributed by atoms with Gasteiger partial charge >= 0.3 is 0 Å². The zero-order chi connectivity index (χ0) is 15.0. The number of nitrogen functional groups attached to an aromatic ring is 1. The van der Waals surface area contributed by atoms with Crippen LogP contribution in [0.3, 0.4) is 0 Å². The van der Waals surface area contributed by atoms with Crippen molar-refractivity contribution in [3.8, 4) is 0 Å². The van der Waals surface area contributed by atoms with E-state index in [0.29, 0.717) is 17.1 Å². The van der Waals surface area contributed by atoms with Crippen LogP contribution in [0.2, 0.25) is 0 Å². The summed E-state index contributed by atoms with van der Waals surface area (Å²) >= 11 is 1.46. The van der Waals surface area contributed by atoms with E-state index in [9.17, 15) is 9.18 Å². The summed E-state index contributed by atoms with van der Waals surface area (Å²) in [5.74, 6) is -0.166. The summed E-state index contributed by atoms with van der Waals surface area (Å²) in [6, 6.07) is 12.2. The molecule has 1 heterocycles. The molecule has 1 unspecified atom stereocenters. The molecule has 108 valence electrons. The molecule has 3 rings (SSSR count). The number of anilines is 2. The molecule has 0 radical (unpaired) electrons. The second kappa shape index (κ2) is 5.41. The number of nitrogens with zero attached hydrogens (tertiary/aromatic N) is 1. The summed E-state index contributed by atoms with van der Waals surface area (Å²) in [4.78, 5) is 13.7. The van der Waals surface area contributed by atoms with Crippen LogP contribution >= 0.6 is 11.8 Å². The van der Waals surface area contributed by atoms with E-state index >= 15 is 0 Å². The maximum Gasteiger partial charge on any atom is 0.238 e. The Balaban J connectivity index is 2.08. The quantitative estimate of drug-likeness (QED) is 0.864. The molecule has 0 aliphatic carbocycles. The number of thioether (sulfide) groups is 1. The lowest BCUT2D eigenvalue weighted by atomic mass is 10.1. The van der Waals surface area contributed by atoms with Gasteiger partial charge in [-0.1, -0.05) is 24.3 Å². The van der Waals surface area contributed by atoms with Gasteiger partial charge in [0.05, 0.1) is 11.4 Å². The minimum atomic E-state index is -0.393. The predicted molar refractivity (Wildman–Crippen MR) is 84.7 cm³/mol. The monoisotopic (exact) mass is 302 g/mol. The first-order chi connectivity index (χ1) is 10.1. The lowest BCUT2D eigenvalue weighted by Crippen LogP contribution is -2.29. The second-order valence-corrected chi connectivity index (χ2v) is 6.08. The molecule has 0 aromatic heterocycles. The van der Waals surface area contributed by atoms with Crippen LogP contribution in [0.1, 0.15) is 16.5 Å². The first kappa shape index (κ1) is 13.9. The fourth-order valence-corrected chi connectivity index (χ4v) is 3.67. The third-order valence-electron chi connectivity index (χ3n) is 3.49. The molecule has 2 aromatic rings. The van der Waals surface area contributed by atoms with Crippen LogP contribution in [0.25, 0.3) is 0 Å². The number of carbonyl (C=O) groups is 1. The van der Waals surface area contributed by atoms with E-state index in [2.05, 4.69) is 0 Å². The van der Waals surface area contributed by atoms with E-state index in [-0.39, 0.29) is 11.3 Å². The summed E-state index contributed by atoms with van der Waals surface area (Å²) in [6.07, 6.45) is 0. The molecule has 1 aliphatic rings. The van der Waals surface area contributed by atoms with Crippen molar-refractivity contribution in [1.29, 1.82) is 0 Å². The Kier molecular flexibility index (Phi) is 3.59. The van der Waals surface area contributed by atoms with Gasteiger partial charge in [-0.25, -0.2) is 4.39 Å². The molecule has 3 nitrogen and oxygen atoms in total. The highest BCUT2D eigenvalue weighted by molar-refractivity contribution is 8.00. The van der Waals surface area contributed by atoms with E-state index in [1.54, 1.807) is 18.2 Å². The minimum absolute atomic E-state index is 0.0993. The molecular formula is C16H15FN2OS. The Labute approximate surface area is 126 Å². The number of amides is 1. The van der Waals surface area contributed by atoms with Gasteiger partial charge in [0, 0.05) is 11.3 Å². The molecule has 0 spiro atoms. The SMILES string of the molecule is Cc1ccc(F)c(N2C(=O)CSC2c2ccccc2N)c1. The highest BCUT2D eigenvalue weighted by atomic mass is 32.2. The Morgan fingerprint density at radius 1 is 1.29 bits per heavy atom. The van der Waals surface area contributed by atoms with E-state index < -0.39 is 5.82 Å². The summed E-state index contributed by atoms with van der Waals surface area (Å²) in [7, 11) is 0. The number of para-hydroxylation sites is 1. The van der Waals surface area contributed by atoms with Crippen molar-refractivity contribution < 1.29 is 9.18 Å². The van der Waals surface area contributed by atoms with Gasteiger partial charge < -0.3 is 5.73 Å². The van der Waals surface area contributed by atoms with E-state index in [0.717, 1.165) is 11.1 Å². The first-order valence-electron chi connectivity index (χ1n) is 6.62. The summed E-state index contributed by atoms with van der Waals surface area (Å²) in [5, 5.41) is -0.282. The van der Waals surface area contributed by atoms with Crippen molar-refractivity contribution in [3.63, 3.8) is 0 Å². The van der Waals surface area contributed by atoms with Gasteiger partial charge in [-0.05, 0) is 30.7 Å². The fraction of sp³-hybridized carbons (Fsp3) is 0.188. The molecule has 1 amide bonds. The molecule has 1 fully saturated rings. The Bertz CT molecular complexity index is 704. The van der Waals surface area contributed by atoms with Crippen LogP contribution in [0.5, 0.6) is 0 Å². The van der Waals surface area contributed by atoms with Crippen LogP contribution in [0.15, 0.2) is 42.5 Å². The number of carbonyl (C=O) groups excluding carboxylic acids is 1. The number of halogens is 1. The highest BCUT2D eigenvalue weighted by Crippen LogP contribution is 2.44. The van der Waals surface area contributed by atoms with E-state index in [1.165, 1.54) is 22.7 Å². The van der Waals surface area contributed by atoms with Crippen LogP contribution in [-0.4, -0.2) is 11.7 Å². The van der Waals surface area contributed by atoms with Crippen LogP contribution in [-0.2, 0) is 4.79 Å². The zero-order valence-corrected chi connectivity index (χ0v) is 12.4. The average Bonchev–Trinajstić information content (AvgIpc) is 2.84. The molecule has 5 heteroatoms. The fourth-order valence-electron chi connectivity index (χ4n) is 2.46. The summed E-state index contributed by atoms with van der Waals surface area (Å²) in [6.45, 7) is 1.88. The van der Waals surface area contributed by atoms with Crippen LogP contribution < -0.4 is 10.6 Å². The van der Waals surface area contributed by atoms with Crippen molar-refractivity contribution >= 4 is 29.0 Å².